The summed E-state index contributed by atoms with van der Waals surface area (Å²) in [5.74, 6) is 0. The van der Waals surface area contributed by atoms with Crippen molar-refractivity contribution in [2.75, 3.05) is 0 Å². The van der Waals surface area contributed by atoms with Crippen LogP contribution in [0.25, 0.3) is 33.9 Å². The Morgan fingerprint density at radius 3 is 1.62 bits per heavy atom. The zero-order valence-electron chi connectivity index (χ0n) is 14.2. The SMILES string of the molecule is C1=c2c(cccc2=C2c3ccccc3-c3ccccc32)-c2ccccc21. The van der Waals surface area contributed by atoms with E-state index < -0.39 is 0 Å². The van der Waals surface area contributed by atoms with Gasteiger partial charge in [0.1, 0.15) is 0 Å². The fourth-order valence-electron chi connectivity index (χ4n) is 4.50. The molecule has 2 aliphatic carbocycles. The van der Waals surface area contributed by atoms with Crippen LogP contribution >= 0.6 is 0 Å². The van der Waals surface area contributed by atoms with Crippen LogP contribution in [0.3, 0.4) is 0 Å². The molecule has 0 saturated carbocycles. The van der Waals surface area contributed by atoms with Gasteiger partial charge < -0.3 is 0 Å². The van der Waals surface area contributed by atoms with Gasteiger partial charge in [0, 0.05) is 0 Å². The van der Waals surface area contributed by atoms with E-state index in [1.54, 1.807) is 0 Å². The van der Waals surface area contributed by atoms with Gasteiger partial charge in [-0.25, -0.2) is 0 Å². The molecule has 2 aliphatic rings. The molecule has 0 unspecified atom stereocenters. The van der Waals surface area contributed by atoms with Crippen LogP contribution < -0.4 is 10.4 Å². The van der Waals surface area contributed by atoms with Gasteiger partial charge in [-0.05, 0) is 61.0 Å². The third kappa shape index (κ3) is 1.74. The second-order valence-electron chi connectivity index (χ2n) is 6.96. The molecule has 0 aromatic heterocycles. The minimum absolute atomic E-state index is 1.31. The van der Waals surface area contributed by atoms with E-state index in [1.807, 2.05) is 0 Å². The van der Waals surface area contributed by atoms with Crippen LogP contribution in [0.1, 0.15) is 16.7 Å². The van der Waals surface area contributed by atoms with Crippen molar-refractivity contribution in [1.29, 1.82) is 0 Å². The van der Waals surface area contributed by atoms with Crippen molar-refractivity contribution in [2.45, 2.75) is 0 Å². The lowest BCUT2D eigenvalue weighted by Crippen LogP contribution is -2.27. The maximum absolute atomic E-state index is 2.34. The van der Waals surface area contributed by atoms with Crippen LogP contribution in [-0.4, -0.2) is 0 Å². The normalized spacial score (nSPS) is 12.8. The fraction of sp³-hybridized carbons (Fsp3) is 0. The van der Waals surface area contributed by atoms with Gasteiger partial charge in [-0.1, -0.05) is 91.0 Å². The number of rotatable bonds is 0. The molecule has 4 aromatic carbocycles. The molecular formula is C26H16. The summed E-state index contributed by atoms with van der Waals surface area (Å²) < 4.78 is 0. The fourth-order valence-corrected chi connectivity index (χ4v) is 4.50. The molecule has 0 bridgehead atoms. The summed E-state index contributed by atoms with van der Waals surface area (Å²) >= 11 is 0. The Morgan fingerprint density at radius 2 is 0.923 bits per heavy atom. The summed E-state index contributed by atoms with van der Waals surface area (Å²) in [7, 11) is 0. The van der Waals surface area contributed by atoms with Gasteiger partial charge in [0.15, 0.2) is 0 Å². The molecule has 120 valence electrons. The maximum Gasteiger partial charge on any atom is -0.00201 e. The molecule has 0 fully saturated rings. The molecule has 0 heterocycles. The van der Waals surface area contributed by atoms with Crippen molar-refractivity contribution in [3.8, 4) is 22.3 Å². The highest BCUT2D eigenvalue weighted by Crippen LogP contribution is 2.42. The van der Waals surface area contributed by atoms with Crippen LogP contribution in [0.4, 0.5) is 0 Å². The molecule has 0 saturated heterocycles. The van der Waals surface area contributed by atoms with Gasteiger partial charge >= 0.3 is 0 Å². The van der Waals surface area contributed by atoms with Gasteiger partial charge in [-0.2, -0.15) is 0 Å². The topological polar surface area (TPSA) is 0 Å². The lowest BCUT2D eigenvalue weighted by Gasteiger charge is -2.05. The number of fused-ring (bicyclic) bond motifs is 6. The van der Waals surface area contributed by atoms with Gasteiger partial charge in [-0.15, -0.1) is 0 Å². The minimum Gasteiger partial charge on any atom is -0.0616 e. The molecular weight excluding hydrogens is 312 g/mol. The number of hydrogen-bond acceptors (Lipinski definition) is 0. The van der Waals surface area contributed by atoms with Crippen LogP contribution in [-0.2, 0) is 0 Å². The van der Waals surface area contributed by atoms with Crippen LogP contribution in [0.2, 0.25) is 0 Å². The van der Waals surface area contributed by atoms with Crippen LogP contribution in [0, 0.1) is 0 Å². The first-order valence-corrected chi connectivity index (χ1v) is 9.05. The molecule has 0 nitrogen and oxygen atoms in total. The summed E-state index contributed by atoms with van der Waals surface area (Å²) in [6.45, 7) is 0. The van der Waals surface area contributed by atoms with E-state index in [0.717, 1.165) is 0 Å². The molecule has 0 radical (unpaired) electrons. The Kier molecular flexibility index (Phi) is 2.70. The van der Waals surface area contributed by atoms with Crippen molar-refractivity contribution in [3.63, 3.8) is 0 Å². The Morgan fingerprint density at radius 1 is 0.385 bits per heavy atom. The van der Waals surface area contributed by atoms with E-state index in [4.69, 9.17) is 0 Å². The highest BCUT2D eigenvalue weighted by Gasteiger charge is 2.24. The average Bonchev–Trinajstić information content (AvgIpc) is 3.24. The highest BCUT2D eigenvalue weighted by molar-refractivity contribution is 6.01. The predicted octanol–water partition coefficient (Wildman–Crippen LogP) is 4.72. The molecule has 26 heavy (non-hydrogen) atoms. The van der Waals surface area contributed by atoms with Crippen molar-refractivity contribution >= 4 is 11.6 Å². The summed E-state index contributed by atoms with van der Waals surface area (Å²) in [6, 6.07) is 32.9. The van der Waals surface area contributed by atoms with Gasteiger partial charge in [-0.3, -0.25) is 0 Å². The predicted molar refractivity (Wildman–Crippen MR) is 108 cm³/mol. The Hall–Kier alpha value is -3.38. The van der Waals surface area contributed by atoms with E-state index >= 15 is 0 Å². The van der Waals surface area contributed by atoms with E-state index in [0.29, 0.717) is 0 Å². The highest BCUT2D eigenvalue weighted by atomic mass is 14.3. The van der Waals surface area contributed by atoms with Crippen molar-refractivity contribution in [2.24, 2.45) is 0 Å². The molecule has 0 amide bonds. The quantitative estimate of drug-likeness (QED) is 0.378. The van der Waals surface area contributed by atoms with Crippen molar-refractivity contribution < 1.29 is 0 Å². The summed E-state index contributed by atoms with van der Waals surface area (Å²) in [4.78, 5) is 0. The average molecular weight is 328 g/mol. The van der Waals surface area contributed by atoms with Gasteiger partial charge in [0.05, 0.1) is 0 Å². The summed E-state index contributed by atoms with van der Waals surface area (Å²) in [5.41, 5.74) is 10.7. The first kappa shape index (κ1) is 13.9. The second kappa shape index (κ2) is 5.06. The monoisotopic (exact) mass is 328 g/mol. The zero-order chi connectivity index (χ0) is 17.1. The molecule has 0 N–H and O–H groups in total. The van der Waals surface area contributed by atoms with Gasteiger partial charge in [0.2, 0.25) is 0 Å². The minimum atomic E-state index is 1.31. The van der Waals surface area contributed by atoms with Crippen molar-refractivity contribution in [3.05, 3.63) is 118 Å². The van der Waals surface area contributed by atoms with Crippen LogP contribution in [0.15, 0.2) is 91.0 Å². The zero-order valence-corrected chi connectivity index (χ0v) is 14.2. The molecule has 4 aromatic rings. The third-order valence-corrected chi connectivity index (χ3v) is 5.61. The summed E-state index contributed by atoms with van der Waals surface area (Å²) in [6.07, 6.45) is 2.34. The lowest BCUT2D eigenvalue weighted by atomic mass is 9.98. The molecule has 0 atom stereocenters. The van der Waals surface area contributed by atoms with E-state index in [2.05, 4.69) is 97.1 Å². The molecule has 0 heteroatoms. The summed E-state index contributed by atoms with van der Waals surface area (Å²) in [5, 5.41) is 2.67. The van der Waals surface area contributed by atoms with E-state index in [-0.39, 0.29) is 0 Å². The Balaban J connectivity index is 1.82. The Labute approximate surface area is 152 Å². The largest absolute Gasteiger partial charge is 0.0616 e. The Bertz CT molecular complexity index is 1270. The molecule has 6 rings (SSSR count). The van der Waals surface area contributed by atoms with Gasteiger partial charge in [0.25, 0.3) is 0 Å². The first-order valence-electron chi connectivity index (χ1n) is 9.05. The van der Waals surface area contributed by atoms with E-state index in [9.17, 15) is 0 Å². The molecule has 0 spiro atoms. The maximum atomic E-state index is 2.34. The number of hydrogen-bond donors (Lipinski definition) is 0. The van der Waals surface area contributed by atoms with E-state index in [1.165, 1.54) is 55.0 Å². The first-order chi connectivity index (χ1) is 12.9. The third-order valence-electron chi connectivity index (χ3n) is 5.61. The lowest BCUT2D eigenvalue weighted by molar-refractivity contribution is 1.49. The molecule has 0 aliphatic heterocycles. The smallest absolute Gasteiger partial charge is 0.00201 e. The van der Waals surface area contributed by atoms with Crippen molar-refractivity contribution in [1.82, 2.24) is 0 Å². The standard InChI is InChI=1S/C26H16/c1-2-9-18-17(8-1)16-25-19(18)14-7-15-24(25)26-22-12-5-3-10-20(22)21-11-4-6-13-23(21)26/h1-16H. The second-order valence-corrected chi connectivity index (χ2v) is 6.96. The number of benzene rings is 4. The van der Waals surface area contributed by atoms with Crippen LogP contribution in [0.5, 0.6) is 0 Å².